The minimum Gasteiger partial charge on any atom is -0.462 e. The molecule has 0 bridgehead atoms. The maximum absolute atomic E-state index is 12.9. The Morgan fingerprint density at radius 1 is 0.292 bits per heavy atom. The fourth-order valence-electron chi connectivity index (χ4n) is 8.00. The first-order valence-electron chi connectivity index (χ1n) is 29.9. The third kappa shape index (κ3) is 57.0. The second-order valence-corrected chi connectivity index (χ2v) is 19.5. The van der Waals surface area contributed by atoms with Crippen LogP contribution in [0.4, 0.5) is 0 Å². The summed E-state index contributed by atoms with van der Waals surface area (Å²) in [5, 5.41) is 0. The van der Waals surface area contributed by atoms with E-state index in [9.17, 15) is 14.4 Å². The molecular weight excluding hydrogens is 889 g/mol. The molecule has 0 N–H and O–H groups in total. The van der Waals surface area contributed by atoms with Gasteiger partial charge in [0.2, 0.25) is 0 Å². The molecular formula is C66H110O6. The van der Waals surface area contributed by atoms with Crippen molar-refractivity contribution in [1.29, 1.82) is 0 Å². The number of hydrogen-bond donors (Lipinski definition) is 0. The molecule has 6 nitrogen and oxygen atoms in total. The molecule has 0 aromatic rings. The third-order valence-corrected chi connectivity index (χ3v) is 12.5. The molecule has 0 aromatic carbocycles. The van der Waals surface area contributed by atoms with E-state index in [4.69, 9.17) is 14.2 Å². The van der Waals surface area contributed by atoms with Gasteiger partial charge in [-0.15, -0.1) is 0 Å². The molecule has 0 aromatic heterocycles. The van der Waals surface area contributed by atoms with Crippen LogP contribution >= 0.6 is 0 Å². The fraction of sp³-hybridized carbons (Fsp3) is 0.682. The normalized spacial score (nSPS) is 12.9. The van der Waals surface area contributed by atoms with Crippen molar-refractivity contribution in [2.24, 2.45) is 0 Å². The zero-order valence-corrected chi connectivity index (χ0v) is 46.9. The van der Waals surface area contributed by atoms with Crippen LogP contribution < -0.4 is 0 Å². The lowest BCUT2D eigenvalue weighted by molar-refractivity contribution is -0.167. The second-order valence-electron chi connectivity index (χ2n) is 19.5. The number of unbranched alkanes of at least 4 members (excludes halogenated alkanes) is 24. The fourth-order valence-corrected chi connectivity index (χ4v) is 8.00. The summed E-state index contributed by atoms with van der Waals surface area (Å²) in [4.78, 5) is 38.2. The van der Waals surface area contributed by atoms with E-state index < -0.39 is 6.10 Å². The first-order chi connectivity index (χ1) is 35.5. The van der Waals surface area contributed by atoms with Gasteiger partial charge in [-0.1, -0.05) is 233 Å². The number of carbonyl (C=O) groups excluding carboxylic acids is 3. The summed E-state index contributed by atoms with van der Waals surface area (Å²) >= 11 is 0. The Labute approximate surface area is 444 Å². The third-order valence-electron chi connectivity index (χ3n) is 12.5. The van der Waals surface area contributed by atoms with Crippen LogP contribution in [0.1, 0.15) is 271 Å². The largest absolute Gasteiger partial charge is 0.462 e. The molecule has 0 aliphatic rings. The number of hydrogen-bond acceptors (Lipinski definition) is 6. The van der Waals surface area contributed by atoms with Crippen molar-refractivity contribution in [3.63, 3.8) is 0 Å². The number of ether oxygens (including phenoxy) is 3. The molecule has 1 unspecified atom stereocenters. The average molecular weight is 1000 g/mol. The van der Waals surface area contributed by atoms with Crippen molar-refractivity contribution >= 4 is 17.9 Å². The van der Waals surface area contributed by atoms with Gasteiger partial charge in [0.05, 0.1) is 0 Å². The van der Waals surface area contributed by atoms with Gasteiger partial charge in [0.1, 0.15) is 13.2 Å². The lowest BCUT2D eigenvalue weighted by atomic mass is 10.1. The van der Waals surface area contributed by atoms with Gasteiger partial charge in [0, 0.05) is 19.3 Å². The van der Waals surface area contributed by atoms with Crippen LogP contribution in [0.2, 0.25) is 0 Å². The average Bonchev–Trinajstić information content (AvgIpc) is 3.38. The summed E-state index contributed by atoms with van der Waals surface area (Å²) in [6.07, 6.45) is 80.8. The molecule has 0 spiro atoms. The topological polar surface area (TPSA) is 78.9 Å². The summed E-state index contributed by atoms with van der Waals surface area (Å²) in [5.41, 5.74) is 0. The molecule has 0 aliphatic carbocycles. The molecule has 0 amide bonds. The standard InChI is InChI=1S/C66H110O6/c1-4-7-10-13-16-19-22-25-28-29-30-31-32-33-34-35-36-37-39-41-44-47-50-53-56-59-65(68)71-62-63(61-70-64(67)58-55-52-49-46-43-40-27-24-21-18-15-12-9-6-3)72-66(69)60-57-54-51-48-45-42-38-26-23-20-17-14-11-8-5-2/h7,10,16-17,19-20,24-28,30-31,33-34,36-38,63H,4-6,8-9,11-15,18,21-23,29,32,35,39-62H2,1-3H3/b10-7-,19-16-,20-17-,27-24-,28-25-,31-30-,34-33-,37-36-,38-26-. The van der Waals surface area contributed by atoms with Gasteiger partial charge in [0.15, 0.2) is 6.10 Å². The predicted octanol–water partition coefficient (Wildman–Crippen LogP) is 20.3. The van der Waals surface area contributed by atoms with Crippen molar-refractivity contribution in [3.05, 3.63) is 109 Å². The highest BCUT2D eigenvalue weighted by Crippen LogP contribution is 2.14. The van der Waals surface area contributed by atoms with Gasteiger partial charge in [-0.3, -0.25) is 14.4 Å². The van der Waals surface area contributed by atoms with Crippen LogP contribution in [0, 0.1) is 0 Å². The van der Waals surface area contributed by atoms with Crippen LogP contribution in [0.25, 0.3) is 0 Å². The Kier molecular flexibility index (Phi) is 56.4. The van der Waals surface area contributed by atoms with Crippen molar-refractivity contribution in [2.45, 2.75) is 277 Å². The Hall–Kier alpha value is -3.93. The highest BCUT2D eigenvalue weighted by molar-refractivity contribution is 5.71. The van der Waals surface area contributed by atoms with E-state index in [1.165, 1.54) is 89.9 Å². The van der Waals surface area contributed by atoms with Gasteiger partial charge >= 0.3 is 17.9 Å². The van der Waals surface area contributed by atoms with E-state index in [1.807, 2.05) is 0 Å². The molecule has 0 saturated carbocycles. The highest BCUT2D eigenvalue weighted by Gasteiger charge is 2.19. The lowest BCUT2D eigenvalue weighted by Crippen LogP contribution is -2.30. The molecule has 1 atom stereocenters. The number of rotatable bonds is 53. The second kappa shape index (κ2) is 59.6. The minimum absolute atomic E-state index is 0.0937. The molecule has 0 heterocycles. The molecule has 0 aliphatic heterocycles. The Balaban J connectivity index is 4.40. The first-order valence-corrected chi connectivity index (χ1v) is 29.9. The number of esters is 3. The van der Waals surface area contributed by atoms with Gasteiger partial charge in [0.25, 0.3) is 0 Å². The summed E-state index contributed by atoms with van der Waals surface area (Å²) in [6, 6.07) is 0. The SMILES string of the molecule is CC/C=C\C/C=C\C/C=C\C/C=C\C/C=C\C/C=C\CCCCCCCCC(=O)OCC(COC(=O)CCCCCCC/C=C\CCCCCCC)OC(=O)CCCCCCC/C=C\C/C=C\CCCCC. The van der Waals surface area contributed by atoms with Gasteiger partial charge in [-0.05, 0) is 128 Å². The Morgan fingerprint density at radius 3 is 0.889 bits per heavy atom. The van der Waals surface area contributed by atoms with E-state index >= 15 is 0 Å². The summed E-state index contributed by atoms with van der Waals surface area (Å²) in [6.45, 7) is 6.46. The van der Waals surface area contributed by atoms with E-state index in [-0.39, 0.29) is 31.1 Å². The minimum atomic E-state index is -0.797. The van der Waals surface area contributed by atoms with Crippen molar-refractivity contribution < 1.29 is 28.6 Å². The molecule has 72 heavy (non-hydrogen) atoms. The molecule has 0 radical (unpaired) electrons. The maximum atomic E-state index is 12.9. The smallest absolute Gasteiger partial charge is 0.306 e. The summed E-state index contributed by atoms with van der Waals surface area (Å²) < 4.78 is 16.9. The van der Waals surface area contributed by atoms with E-state index in [0.29, 0.717) is 19.3 Å². The molecule has 6 heteroatoms. The quantitative estimate of drug-likeness (QED) is 0.0261. The van der Waals surface area contributed by atoms with Crippen molar-refractivity contribution in [1.82, 2.24) is 0 Å². The van der Waals surface area contributed by atoms with Gasteiger partial charge < -0.3 is 14.2 Å². The summed E-state index contributed by atoms with van der Waals surface area (Å²) in [5.74, 6) is -0.928. The van der Waals surface area contributed by atoms with Crippen LogP contribution in [0.15, 0.2) is 109 Å². The molecule has 0 saturated heterocycles. The Morgan fingerprint density at radius 2 is 0.542 bits per heavy atom. The van der Waals surface area contributed by atoms with Crippen LogP contribution in [-0.4, -0.2) is 37.2 Å². The zero-order valence-electron chi connectivity index (χ0n) is 46.9. The van der Waals surface area contributed by atoms with E-state index in [0.717, 1.165) is 141 Å². The van der Waals surface area contributed by atoms with E-state index in [1.54, 1.807) is 0 Å². The maximum Gasteiger partial charge on any atom is 0.306 e. The van der Waals surface area contributed by atoms with E-state index in [2.05, 4.69) is 130 Å². The van der Waals surface area contributed by atoms with Crippen LogP contribution in [0.5, 0.6) is 0 Å². The van der Waals surface area contributed by atoms with Crippen LogP contribution in [0.3, 0.4) is 0 Å². The van der Waals surface area contributed by atoms with Crippen LogP contribution in [-0.2, 0) is 28.6 Å². The van der Waals surface area contributed by atoms with Crippen molar-refractivity contribution in [3.8, 4) is 0 Å². The molecule has 0 fully saturated rings. The monoisotopic (exact) mass is 999 g/mol. The summed E-state index contributed by atoms with van der Waals surface area (Å²) in [7, 11) is 0. The molecule has 410 valence electrons. The van der Waals surface area contributed by atoms with Gasteiger partial charge in [-0.2, -0.15) is 0 Å². The van der Waals surface area contributed by atoms with Gasteiger partial charge in [-0.25, -0.2) is 0 Å². The highest BCUT2D eigenvalue weighted by atomic mass is 16.6. The number of carbonyl (C=O) groups is 3. The first kappa shape index (κ1) is 68.1. The Bertz CT molecular complexity index is 1470. The zero-order chi connectivity index (χ0) is 52.2. The molecule has 0 rings (SSSR count). The van der Waals surface area contributed by atoms with Crippen molar-refractivity contribution in [2.75, 3.05) is 13.2 Å². The lowest BCUT2D eigenvalue weighted by Gasteiger charge is -2.18. The predicted molar refractivity (Wildman–Crippen MR) is 311 cm³/mol. The number of allylic oxidation sites excluding steroid dienone is 18.